The Morgan fingerprint density at radius 1 is 0.776 bits per heavy atom. The minimum atomic E-state index is -1.26. The molecule has 2 saturated heterocycles. The average molecular weight is 806 g/mol. The van der Waals surface area contributed by atoms with Crippen LogP contribution in [0.2, 0.25) is 0 Å². The summed E-state index contributed by atoms with van der Waals surface area (Å²) in [5.74, 6) is -5.27. The first kappa shape index (κ1) is 45.5. The number of likely N-dealkylation sites (tertiary alicyclic amines) is 2. The number of carboxylic acid groups (broad SMARTS) is 2. The maximum Gasteiger partial charge on any atom is 0.317 e. The zero-order valence-electron chi connectivity index (χ0n) is 33.5. The summed E-state index contributed by atoms with van der Waals surface area (Å²) >= 11 is 0. The van der Waals surface area contributed by atoms with Crippen LogP contribution in [0, 0.1) is 11.8 Å². The Balaban J connectivity index is 1.45. The standard InChI is InChI=1S/C42H59N7O9/c1-27(2)17-30(20-36(50)35(19-29-13-7-4-8-14-29)46-41(57)33(44)18-28-11-5-3-6-12-28)40(56)45-34(15-9-10-16-43)42(58)49-31-21-32(49)23-48(22-31)37(51)24-47(25-38(52)53)26-39(54)55/h3-8,11-14,27,30-35H,9-10,15-26,43-44H2,1-2H3,(H,45,56)(H,46,57)(H,52,53)(H,54,55). The third kappa shape index (κ3) is 13.7. The highest BCUT2D eigenvalue weighted by molar-refractivity contribution is 5.95. The van der Waals surface area contributed by atoms with Crippen LogP contribution in [0.5, 0.6) is 0 Å². The average Bonchev–Trinajstić information content (AvgIpc) is 3.16. The Morgan fingerprint density at radius 2 is 1.33 bits per heavy atom. The van der Waals surface area contributed by atoms with E-state index in [2.05, 4.69) is 10.6 Å². The number of rotatable bonds is 24. The molecule has 2 aromatic carbocycles. The van der Waals surface area contributed by atoms with Crippen molar-refractivity contribution in [1.82, 2.24) is 25.3 Å². The van der Waals surface area contributed by atoms with Crippen molar-refractivity contribution in [1.29, 1.82) is 0 Å². The Hall–Kier alpha value is -5.19. The maximum atomic E-state index is 14.2. The van der Waals surface area contributed by atoms with E-state index in [-0.39, 0.29) is 62.0 Å². The van der Waals surface area contributed by atoms with Crippen molar-refractivity contribution in [3.05, 3.63) is 71.8 Å². The van der Waals surface area contributed by atoms with Gasteiger partial charge in [0.1, 0.15) is 6.04 Å². The predicted octanol–water partition coefficient (Wildman–Crippen LogP) is 0.802. The van der Waals surface area contributed by atoms with Crippen LogP contribution in [0.15, 0.2) is 60.7 Å². The third-order valence-electron chi connectivity index (χ3n) is 10.6. The predicted molar refractivity (Wildman–Crippen MR) is 215 cm³/mol. The number of piperazine rings is 1. The zero-order valence-corrected chi connectivity index (χ0v) is 33.5. The second kappa shape index (κ2) is 22.1. The summed E-state index contributed by atoms with van der Waals surface area (Å²) in [6.45, 7) is 3.05. The van der Waals surface area contributed by atoms with Crippen LogP contribution in [0.4, 0.5) is 0 Å². The number of Topliss-reactive ketones (excluding diaryl/α,β-unsaturated/α-hetero) is 1. The molecule has 6 unspecified atom stereocenters. The van der Waals surface area contributed by atoms with Crippen LogP contribution in [-0.2, 0) is 46.4 Å². The molecule has 0 radical (unpaired) electrons. The van der Waals surface area contributed by atoms with Gasteiger partial charge in [0.05, 0.1) is 43.8 Å². The van der Waals surface area contributed by atoms with E-state index in [1.54, 1.807) is 4.90 Å². The van der Waals surface area contributed by atoms with Crippen molar-refractivity contribution < 1.29 is 43.8 Å². The number of fused-ring (bicyclic) bond motifs is 2. The molecule has 4 amide bonds. The Bertz CT molecular complexity index is 1700. The lowest BCUT2D eigenvalue weighted by Crippen LogP contribution is -2.73. The molecule has 0 aliphatic carbocycles. The molecule has 58 heavy (non-hydrogen) atoms. The monoisotopic (exact) mass is 805 g/mol. The first-order chi connectivity index (χ1) is 27.6. The normalized spacial score (nSPS) is 18.1. The van der Waals surface area contributed by atoms with Gasteiger partial charge in [-0.05, 0) is 68.5 Å². The second-order valence-corrected chi connectivity index (χ2v) is 15.9. The summed E-state index contributed by atoms with van der Waals surface area (Å²) in [4.78, 5) is 95.6. The molecule has 0 aromatic heterocycles. The van der Waals surface area contributed by atoms with E-state index >= 15 is 0 Å². The van der Waals surface area contributed by atoms with Gasteiger partial charge in [-0.2, -0.15) is 0 Å². The summed E-state index contributed by atoms with van der Waals surface area (Å²) in [5.41, 5.74) is 13.8. The highest BCUT2D eigenvalue weighted by Crippen LogP contribution is 2.33. The van der Waals surface area contributed by atoms with Crippen LogP contribution >= 0.6 is 0 Å². The van der Waals surface area contributed by atoms with E-state index in [9.17, 15) is 43.8 Å². The Labute approximate surface area is 339 Å². The van der Waals surface area contributed by atoms with Gasteiger partial charge in [0.25, 0.3) is 0 Å². The van der Waals surface area contributed by atoms with Gasteiger partial charge in [-0.1, -0.05) is 74.5 Å². The second-order valence-electron chi connectivity index (χ2n) is 15.9. The maximum absolute atomic E-state index is 14.2. The molecule has 6 atom stereocenters. The lowest BCUT2D eigenvalue weighted by molar-refractivity contribution is -0.164. The summed E-state index contributed by atoms with van der Waals surface area (Å²) < 4.78 is 0. The van der Waals surface area contributed by atoms with Crippen molar-refractivity contribution in [3.8, 4) is 0 Å². The van der Waals surface area contributed by atoms with Crippen molar-refractivity contribution in [3.63, 3.8) is 0 Å². The smallest absolute Gasteiger partial charge is 0.317 e. The van der Waals surface area contributed by atoms with Crippen molar-refractivity contribution in [2.75, 3.05) is 39.3 Å². The SMILES string of the molecule is CC(C)CC(CC(=O)C(Cc1ccccc1)NC(=O)C(N)Cc1ccccc1)C(=O)NC(CCCCN)C(=O)N1C2CC1CN(C(=O)CN(CC(=O)O)CC(=O)O)C2. The molecule has 2 heterocycles. The number of aliphatic carboxylic acids is 2. The third-order valence-corrected chi connectivity index (χ3v) is 10.6. The number of unbranched alkanes of at least 4 members (excludes halogenated alkanes) is 1. The summed E-state index contributed by atoms with van der Waals surface area (Å²) in [6.07, 6.45) is 2.80. The first-order valence-corrected chi connectivity index (χ1v) is 20.1. The summed E-state index contributed by atoms with van der Waals surface area (Å²) in [5, 5.41) is 24.2. The van der Waals surface area contributed by atoms with Crippen LogP contribution in [0.25, 0.3) is 0 Å². The van der Waals surface area contributed by atoms with Gasteiger partial charge < -0.3 is 42.1 Å². The van der Waals surface area contributed by atoms with Gasteiger partial charge in [-0.3, -0.25) is 38.5 Å². The van der Waals surface area contributed by atoms with Crippen molar-refractivity contribution in [2.24, 2.45) is 23.3 Å². The van der Waals surface area contributed by atoms with E-state index in [4.69, 9.17) is 11.5 Å². The van der Waals surface area contributed by atoms with Crippen molar-refractivity contribution >= 4 is 41.4 Å². The first-order valence-electron chi connectivity index (χ1n) is 20.1. The number of hydrogen-bond donors (Lipinski definition) is 6. The van der Waals surface area contributed by atoms with Gasteiger partial charge in [-0.25, -0.2) is 0 Å². The lowest BCUT2D eigenvalue weighted by Gasteiger charge is -2.57. The number of ketones is 1. The van der Waals surface area contributed by atoms with Gasteiger partial charge in [0.2, 0.25) is 23.6 Å². The zero-order chi connectivity index (χ0) is 42.4. The molecular weight excluding hydrogens is 747 g/mol. The number of carboxylic acids is 2. The van der Waals surface area contributed by atoms with E-state index in [1.807, 2.05) is 74.5 Å². The minimum absolute atomic E-state index is 0.0246. The highest BCUT2D eigenvalue weighted by atomic mass is 16.4. The molecule has 16 heteroatoms. The van der Waals surface area contributed by atoms with Crippen LogP contribution in [-0.4, -0.2) is 136 Å². The molecule has 2 bridgehead atoms. The van der Waals surface area contributed by atoms with Crippen molar-refractivity contribution in [2.45, 2.75) is 95.4 Å². The number of benzene rings is 2. The number of nitrogens with zero attached hydrogens (tertiary/aromatic N) is 3. The summed E-state index contributed by atoms with van der Waals surface area (Å²) in [6, 6.07) is 15.2. The fourth-order valence-electron chi connectivity index (χ4n) is 7.81. The fraction of sp³-hybridized carbons (Fsp3) is 0.548. The topological polar surface area (TPSA) is 246 Å². The van der Waals surface area contributed by atoms with Gasteiger partial charge in [-0.15, -0.1) is 0 Å². The number of carbonyl (C=O) groups excluding carboxylic acids is 5. The number of amides is 4. The van der Waals surface area contributed by atoms with Gasteiger partial charge >= 0.3 is 11.9 Å². The molecule has 4 rings (SSSR count). The molecule has 0 spiro atoms. The Morgan fingerprint density at radius 3 is 1.86 bits per heavy atom. The molecule has 316 valence electrons. The highest BCUT2D eigenvalue weighted by Gasteiger charge is 2.50. The van der Waals surface area contributed by atoms with E-state index in [0.717, 1.165) is 16.0 Å². The van der Waals surface area contributed by atoms with E-state index < -0.39 is 73.3 Å². The molecule has 8 N–H and O–H groups in total. The Kier molecular flexibility index (Phi) is 17.3. The molecular formula is C42H59N7O9. The molecule has 2 fully saturated rings. The summed E-state index contributed by atoms with van der Waals surface area (Å²) in [7, 11) is 0. The van der Waals surface area contributed by atoms with E-state index in [1.165, 1.54) is 4.90 Å². The number of piperidine rings is 1. The minimum Gasteiger partial charge on any atom is -0.480 e. The van der Waals surface area contributed by atoms with E-state index in [0.29, 0.717) is 38.6 Å². The lowest BCUT2D eigenvalue weighted by atomic mass is 9.85. The largest absolute Gasteiger partial charge is 0.480 e. The van der Waals surface area contributed by atoms with Crippen LogP contribution in [0.3, 0.4) is 0 Å². The van der Waals surface area contributed by atoms with Gasteiger partial charge in [0, 0.05) is 25.4 Å². The van der Waals surface area contributed by atoms with Crippen LogP contribution in [0.1, 0.15) is 63.5 Å². The number of nitrogens with two attached hydrogens (primary N) is 2. The molecule has 2 aromatic rings. The molecule has 2 aliphatic rings. The molecule has 0 saturated carbocycles. The fourth-order valence-corrected chi connectivity index (χ4v) is 7.81. The molecule has 16 nitrogen and oxygen atoms in total. The number of nitrogens with one attached hydrogen (secondary N) is 2. The van der Waals surface area contributed by atoms with Gasteiger partial charge in [0.15, 0.2) is 5.78 Å². The van der Waals surface area contributed by atoms with Crippen LogP contribution < -0.4 is 22.1 Å². The number of carbonyl (C=O) groups is 7. The quantitative estimate of drug-likeness (QED) is 0.0808. The number of hydrogen-bond acceptors (Lipinski definition) is 10. The molecule has 2 aliphatic heterocycles.